The van der Waals surface area contributed by atoms with Crippen LogP contribution in [0.25, 0.3) is 10.1 Å². The number of carbonyl (C=O) groups is 2. The summed E-state index contributed by atoms with van der Waals surface area (Å²) in [6.07, 6.45) is 0.412. The Morgan fingerprint density at radius 2 is 2.19 bits per heavy atom. The summed E-state index contributed by atoms with van der Waals surface area (Å²) < 4.78 is 6.04. The molecular weight excluding hydrogens is 314 g/mol. The van der Waals surface area contributed by atoms with Gasteiger partial charge in [0.1, 0.15) is 10.6 Å². The van der Waals surface area contributed by atoms with Gasteiger partial charge in [-0.05, 0) is 24.6 Å². The molecule has 0 aliphatic rings. The second kappa shape index (κ2) is 6.78. The van der Waals surface area contributed by atoms with Gasteiger partial charge in [-0.15, -0.1) is 11.3 Å². The number of methoxy groups -OCH3 is 1. The number of ether oxygens (including phenoxy) is 1. The molecule has 112 valence electrons. The lowest BCUT2D eigenvalue weighted by molar-refractivity contribution is -0.137. The summed E-state index contributed by atoms with van der Waals surface area (Å²) in [6, 6.07) is 5.45. The predicted octanol–water partition coefficient (Wildman–Crippen LogP) is 3.16. The van der Waals surface area contributed by atoms with Crippen LogP contribution >= 0.6 is 22.9 Å². The number of benzene rings is 1. The number of carboxylic acid groups (broad SMARTS) is 1. The van der Waals surface area contributed by atoms with Crippen molar-refractivity contribution in [2.45, 2.75) is 12.8 Å². The Bertz CT molecular complexity index is 683. The molecule has 0 bridgehead atoms. The van der Waals surface area contributed by atoms with E-state index in [9.17, 15) is 9.59 Å². The summed E-state index contributed by atoms with van der Waals surface area (Å²) in [5, 5.41) is 12.4. The molecule has 1 amide bonds. The first-order chi connectivity index (χ1) is 10.0. The summed E-state index contributed by atoms with van der Waals surface area (Å²) in [4.78, 5) is 22.9. The van der Waals surface area contributed by atoms with Gasteiger partial charge in [-0.1, -0.05) is 11.6 Å². The molecule has 1 heterocycles. The third-order valence-corrected chi connectivity index (χ3v) is 4.57. The highest BCUT2D eigenvalue weighted by Crippen LogP contribution is 2.37. The summed E-state index contributed by atoms with van der Waals surface area (Å²) in [6.45, 7) is 0.305. The number of carboxylic acids is 1. The lowest BCUT2D eigenvalue weighted by Gasteiger charge is -2.02. The molecule has 21 heavy (non-hydrogen) atoms. The van der Waals surface area contributed by atoms with Crippen molar-refractivity contribution in [2.75, 3.05) is 13.7 Å². The van der Waals surface area contributed by atoms with Crippen LogP contribution in [0.3, 0.4) is 0 Å². The fraction of sp³-hybridized carbons (Fsp3) is 0.286. The maximum Gasteiger partial charge on any atom is 0.303 e. The Labute approximate surface area is 130 Å². The van der Waals surface area contributed by atoms with Gasteiger partial charge in [0.25, 0.3) is 5.91 Å². The molecule has 0 aliphatic heterocycles. The first kappa shape index (κ1) is 15.6. The van der Waals surface area contributed by atoms with Crippen LogP contribution in [0.4, 0.5) is 0 Å². The van der Waals surface area contributed by atoms with E-state index >= 15 is 0 Å². The SMILES string of the molecule is COc1ccc2sc(C(=O)NCCCC(=O)O)c(Cl)c2c1. The van der Waals surface area contributed by atoms with Crippen molar-refractivity contribution in [1.29, 1.82) is 0 Å². The topological polar surface area (TPSA) is 75.6 Å². The van der Waals surface area contributed by atoms with Crippen molar-refractivity contribution in [2.24, 2.45) is 0 Å². The maximum atomic E-state index is 12.1. The quantitative estimate of drug-likeness (QED) is 0.799. The monoisotopic (exact) mass is 327 g/mol. The zero-order valence-electron chi connectivity index (χ0n) is 11.3. The summed E-state index contributed by atoms with van der Waals surface area (Å²) in [7, 11) is 1.57. The van der Waals surface area contributed by atoms with Crippen LogP contribution in [0.1, 0.15) is 22.5 Å². The van der Waals surface area contributed by atoms with Crippen molar-refractivity contribution in [3.05, 3.63) is 28.1 Å². The summed E-state index contributed by atoms with van der Waals surface area (Å²) >= 11 is 7.54. The molecule has 5 nitrogen and oxygen atoms in total. The molecule has 0 saturated heterocycles. The number of thiophene rings is 1. The molecule has 0 saturated carbocycles. The molecule has 2 aromatic rings. The third kappa shape index (κ3) is 3.65. The van der Waals surface area contributed by atoms with Gasteiger partial charge in [0.2, 0.25) is 0 Å². The van der Waals surface area contributed by atoms with E-state index in [1.54, 1.807) is 13.2 Å². The van der Waals surface area contributed by atoms with Crippen molar-refractivity contribution in [3.63, 3.8) is 0 Å². The molecule has 0 fully saturated rings. The molecule has 7 heteroatoms. The normalized spacial score (nSPS) is 10.6. The number of aliphatic carboxylic acids is 1. The minimum Gasteiger partial charge on any atom is -0.497 e. The van der Waals surface area contributed by atoms with E-state index < -0.39 is 5.97 Å². The second-order valence-corrected chi connectivity index (χ2v) is 5.79. The lowest BCUT2D eigenvalue weighted by atomic mass is 10.2. The minimum absolute atomic E-state index is 0.0254. The number of amides is 1. The first-order valence-corrected chi connectivity index (χ1v) is 7.48. The molecule has 2 N–H and O–H groups in total. The van der Waals surface area contributed by atoms with E-state index in [2.05, 4.69) is 5.32 Å². The minimum atomic E-state index is -0.878. The Balaban J connectivity index is 2.12. The van der Waals surface area contributed by atoms with Crippen molar-refractivity contribution >= 4 is 44.9 Å². The molecule has 1 aromatic heterocycles. The van der Waals surface area contributed by atoms with Gasteiger partial charge < -0.3 is 15.2 Å². The van der Waals surface area contributed by atoms with E-state index in [0.29, 0.717) is 28.6 Å². The zero-order valence-corrected chi connectivity index (χ0v) is 12.9. The molecule has 0 aliphatic carbocycles. The lowest BCUT2D eigenvalue weighted by Crippen LogP contribution is -2.24. The standard InChI is InChI=1S/C14H14ClNO4S/c1-20-8-4-5-10-9(7-8)12(15)13(21-10)14(19)16-6-2-3-11(17)18/h4-5,7H,2-3,6H2,1H3,(H,16,19)(H,17,18). The van der Waals surface area contributed by atoms with Crippen LogP contribution in [-0.2, 0) is 4.79 Å². The molecule has 0 atom stereocenters. The molecule has 0 unspecified atom stereocenters. The maximum absolute atomic E-state index is 12.1. The molecule has 0 radical (unpaired) electrons. The number of hydrogen-bond donors (Lipinski definition) is 2. The zero-order chi connectivity index (χ0) is 15.4. The van der Waals surface area contributed by atoms with Gasteiger partial charge >= 0.3 is 5.97 Å². The van der Waals surface area contributed by atoms with E-state index in [1.165, 1.54) is 11.3 Å². The van der Waals surface area contributed by atoms with Crippen LogP contribution in [0.5, 0.6) is 5.75 Å². The molecule has 1 aromatic carbocycles. The smallest absolute Gasteiger partial charge is 0.303 e. The van der Waals surface area contributed by atoms with Crippen LogP contribution in [0, 0.1) is 0 Å². The van der Waals surface area contributed by atoms with Gasteiger partial charge in [0.05, 0.1) is 12.1 Å². The largest absolute Gasteiger partial charge is 0.497 e. The highest BCUT2D eigenvalue weighted by atomic mass is 35.5. The second-order valence-electron chi connectivity index (χ2n) is 4.36. The Hall–Kier alpha value is -1.79. The van der Waals surface area contributed by atoms with Gasteiger partial charge in [-0.3, -0.25) is 9.59 Å². The van der Waals surface area contributed by atoms with Crippen LogP contribution in [0.15, 0.2) is 18.2 Å². The predicted molar refractivity (Wildman–Crippen MR) is 82.6 cm³/mol. The summed E-state index contributed by atoms with van der Waals surface area (Å²) in [5.41, 5.74) is 0. The van der Waals surface area contributed by atoms with Crippen LogP contribution in [0.2, 0.25) is 5.02 Å². The van der Waals surface area contributed by atoms with E-state index in [1.807, 2.05) is 12.1 Å². The molecule has 0 spiro atoms. The Morgan fingerprint density at radius 3 is 2.86 bits per heavy atom. The molecule has 2 rings (SSSR count). The van der Waals surface area contributed by atoms with Crippen molar-refractivity contribution in [3.8, 4) is 5.75 Å². The number of rotatable bonds is 6. The number of fused-ring (bicyclic) bond motifs is 1. The van der Waals surface area contributed by atoms with E-state index in [0.717, 1.165) is 10.1 Å². The average Bonchev–Trinajstić information content (AvgIpc) is 2.80. The highest BCUT2D eigenvalue weighted by molar-refractivity contribution is 7.21. The number of hydrogen-bond acceptors (Lipinski definition) is 4. The highest BCUT2D eigenvalue weighted by Gasteiger charge is 2.17. The fourth-order valence-electron chi connectivity index (χ4n) is 1.84. The third-order valence-electron chi connectivity index (χ3n) is 2.89. The summed E-state index contributed by atoms with van der Waals surface area (Å²) in [5.74, 6) is -0.489. The number of nitrogens with one attached hydrogen (secondary N) is 1. The fourth-order valence-corrected chi connectivity index (χ4v) is 3.25. The van der Waals surface area contributed by atoms with Crippen LogP contribution < -0.4 is 10.1 Å². The van der Waals surface area contributed by atoms with Crippen LogP contribution in [-0.4, -0.2) is 30.6 Å². The molecular formula is C14H14ClNO4S. The van der Waals surface area contributed by atoms with E-state index in [-0.39, 0.29) is 12.3 Å². The Kier molecular flexibility index (Phi) is 5.03. The van der Waals surface area contributed by atoms with Gasteiger partial charge in [0, 0.05) is 23.1 Å². The number of halogens is 1. The Morgan fingerprint density at radius 1 is 1.43 bits per heavy atom. The van der Waals surface area contributed by atoms with E-state index in [4.69, 9.17) is 21.4 Å². The average molecular weight is 328 g/mol. The van der Waals surface area contributed by atoms with Crippen molar-refractivity contribution in [1.82, 2.24) is 5.32 Å². The van der Waals surface area contributed by atoms with Crippen molar-refractivity contribution < 1.29 is 19.4 Å². The van der Waals surface area contributed by atoms with Gasteiger partial charge in [0.15, 0.2) is 0 Å². The first-order valence-electron chi connectivity index (χ1n) is 6.29. The van der Waals surface area contributed by atoms with Gasteiger partial charge in [-0.2, -0.15) is 0 Å². The van der Waals surface area contributed by atoms with Gasteiger partial charge in [-0.25, -0.2) is 0 Å². The number of carbonyl (C=O) groups excluding carboxylic acids is 1.